The highest BCUT2D eigenvalue weighted by atomic mass is 32.1. The second-order valence-electron chi connectivity index (χ2n) is 3.58. The van der Waals surface area contributed by atoms with Gasteiger partial charge in [-0.25, -0.2) is 0 Å². The fourth-order valence-corrected chi connectivity index (χ4v) is 1.63. The van der Waals surface area contributed by atoms with Crippen LogP contribution in [0.5, 0.6) is 0 Å². The van der Waals surface area contributed by atoms with Gasteiger partial charge in [-0.2, -0.15) is 0 Å². The molecule has 0 saturated carbocycles. The van der Waals surface area contributed by atoms with E-state index in [1.807, 2.05) is 12.1 Å². The Balaban J connectivity index is 2.18. The summed E-state index contributed by atoms with van der Waals surface area (Å²) < 4.78 is 10.2. The minimum Gasteiger partial charge on any atom is -0.469 e. The number of thiocarbonyl (C=S) groups is 1. The van der Waals surface area contributed by atoms with Crippen LogP contribution < -0.4 is 10.6 Å². The molecule has 0 radical (unpaired) electrons. The van der Waals surface area contributed by atoms with Gasteiger partial charge in [0.25, 0.3) is 0 Å². The third-order valence-corrected chi connectivity index (χ3v) is 2.32. The van der Waals surface area contributed by atoms with E-state index in [4.69, 9.17) is 21.4 Å². The van der Waals surface area contributed by atoms with E-state index < -0.39 is 0 Å². The first-order chi connectivity index (χ1) is 7.72. The third kappa shape index (κ3) is 5.14. The first kappa shape index (κ1) is 13.0. The smallest absolute Gasteiger partial charge is 0.166 e. The van der Waals surface area contributed by atoms with Crippen molar-refractivity contribution in [2.75, 3.05) is 20.3 Å². The summed E-state index contributed by atoms with van der Waals surface area (Å²) in [6.07, 6.45) is 2.50. The molecule has 1 heterocycles. The molecule has 2 N–H and O–H groups in total. The zero-order valence-electron chi connectivity index (χ0n) is 9.66. The topological polar surface area (TPSA) is 46.4 Å². The SMILES string of the molecule is COCCNC(=S)NC(C)Cc1ccco1. The molecule has 0 aliphatic heterocycles. The van der Waals surface area contributed by atoms with Crippen LogP contribution in [-0.2, 0) is 11.2 Å². The van der Waals surface area contributed by atoms with E-state index in [1.54, 1.807) is 13.4 Å². The van der Waals surface area contributed by atoms with E-state index in [0.29, 0.717) is 11.7 Å². The average Bonchev–Trinajstić information content (AvgIpc) is 2.70. The van der Waals surface area contributed by atoms with E-state index in [-0.39, 0.29) is 6.04 Å². The van der Waals surface area contributed by atoms with Crippen molar-refractivity contribution in [2.24, 2.45) is 0 Å². The highest BCUT2D eigenvalue weighted by Crippen LogP contribution is 2.03. The molecule has 90 valence electrons. The van der Waals surface area contributed by atoms with Crippen LogP contribution in [0, 0.1) is 0 Å². The predicted molar refractivity (Wildman–Crippen MR) is 67.5 cm³/mol. The summed E-state index contributed by atoms with van der Waals surface area (Å²) >= 11 is 5.13. The zero-order valence-corrected chi connectivity index (χ0v) is 10.5. The van der Waals surface area contributed by atoms with Crippen LogP contribution in [0.1, 0.15) is 12.7 Å². The summed E-state index contributed by atoms with van der Waals surface area (Å²) in [6.45, 7) is 3.43. The first-order valence-electron chi connectivity index (χ1n) is 5.28. The molecule has 0 aliphatic rings. The van der Waals surface area contributed by atoms with Gasteiger partial charge in [-0.05, 0) is 31.3 Å². The molecule has 0 amide bonds. The highest BCUT2D eigenvalue weighted by molar-refractivity contribution is 7.80. The average molecular weight is 242 g/mol. The number of furan rings is 1. The fourth-order valence-electron chi connectivity index (χ4n) is 1.32. The minimum absolute atomic E-state index is 0.244. The van der Waals surface area contributed by atoms with Crippen LogP contribution in [0.4, 0.5) is 0 Å². The molecule has 1 unspecified atom stereocenters. The summed E-state index contributed by atoms with van der Waals surface area (Å²) in [5, 5.41) is 6.89. The normalized spacial score (nSPS) is 12.1. The molecule has 1 rings (SSSR count). The molecule has 0 saturated heterocycles. The molecule has 0 bridgehead atoms. The van der Waals surface area contributed by atoms with Crippen LogP contribution in [-0.4, -0.2) is 31.4 Å². The lowest BCUT2D eigenvalue weighted by Gasteiger charge is -2.15. The van der Waals surface area contributed by atoms with E-state index in [2.05, 4.69) is 17.6 Å². The molecule has 0 fully saturated rings. The number of nitrogens with one attached hydrogen (secondary N) is 2. The van der Waals surface area contributed by atoms with Gasteiger partial charge in [-0.15, -0.1) is 0 Å². The Morgan fingerprint density at radius 3 is 3.06 bits per heavy atom. The fraction of sp³-hybridized carbons (Fsp3) is 0.545. The Bertz CT molecular complexity index is 301. The predicted octanol–water partition coefficient (Wildman–Crippen LogP) is 1.32. The summed E-state index contributed by atoms with van der Waals surface area (Å²) in [4.78, 5) is 0. The highest BCUT2D eigenvalue weighted by Gasteiger charge is 2.06. The van der Waals surface area contributed by atoms with Gasteiger partial charge in [0.2, 0.25) is 0 Å². The van der Waals surface area contributed by atoms with Crippen LogP contribution in [0.25, 0.3) is 0 Å². The van der Waals surface area contributed by atoms with Crippen molar-refractivity contribution >= 4 is 17.3 Å². The van der Waals surface area contributed by atoms with Gasteiger partial charge in [0.05, 0.1) is 12.9 Å². The van der Waals surface area contributed by atoms with Gasteiger partial charge < -0.3 is 19.8 Å². The second-order valence-corrected chi connectivity index (χ2v) is 3.99. The van der Waals surface area contributed by atoms with Gasteiger partial charge >= 0.3 is 0 Å². The molecule has 0 spiro atoms. The Morgan fingerprint density at radius 1 is 1.62 bits per heavy atom. The van der Waals surface area contributed by atoms with Crippen molar-refractivity contribution in [1.82, 2.24) is 10.6 Å². The van der Waals surface area contributed by atoms with Crippen molar-refractivity contribution in [2.45, 2.75) is 19.4 Å². The van der Waals surface area contributed by atoms with Crippen LogP contribution >= 0.6 is 12.2 Å². The quantitative estimate of drug-likeness (QED) is 0.582. The van der Waals surface area contributed by atoms with E-state index in [0.717, 1.165) is 18.7 Å². The number of hydrogen-bond acceptors (Lipinski definition) is 3. The Labute approximate surface area is 101 Å². The maximum Gasteiger partial charge on any atom is 0.166 e. The molecule has 1 atom stereocenters. The zero-order chi connectivity index (χ0) is 11.8. The first-order valence-corrected chi connectivity index (χ1v) is 5.69. The molecular weight excluding hydrogens is 224 g/mol. The molecule has 5 heteroatoms. The van der Waals surface area contributed by atoms with Crippen molar-refractivity contribution < 1.29 is 9.15 Å². The van der Waals surface area contributed by atoms with Crippen molar-refractivity contribution in [1.29, 1.82) is 0 Å². The van der Waals surface area contributed by atoms with Crippen LogP contribution in [0.2, 0.25) is 0 Å². The lowest BCUT2D eigenvalue weighted by molar-refractivity contribution is 0.204. The second kappa shape index (κ2) is 7.24. The summed E-state index contributed by atoms with van der Waals surface area (Å²) in [6, 6.07) is 4.09. The number of rotatable bonds is 6. The Kier molecular flexibility index (Phi) is 5.88. The Morgan fingerprint density at radius 2 is 2.44 bits per heavy atom. The minimum atomic E-state index is 0.244. The molecule has 1 aromatic rings. The molecule has 1 aromatic heterocycles. The van der Waals surface area contributed by atoms with Gasteiger partial charge in [0.1, 0.15) is 5.76 Å². The summed E-state index contributed by atoms with van der Waals surface area (Å²) in [5.41, 5.74) is 0. The van der Waals surface area contributed by atoms with Crippen LogP contribution in [0.15, 0.2) is 22.8 Å². The van der Waals surface area contributed by atoms with Gasteiger partial charge in [0.15, 0.2) is 5.11 Å². The molecule has 4 nitrogen and oxygen atoms in total. The van der Waals surface area contributed by atoms with Gasteiger partial charge in [-0.1, -0.05) is 0 Å². The monoisotopic (exact) mass is 242 g/mol. The largest absolute Gasteiger partial charge is 0.469 e. The van der Waals surface area contributed by atoms with E-state index >= 15 is 0 Å². The number of hydrogen-bond donors (Lipinski definition) is 2. The molecule has 0 aromatic carbocycles. The molecule has 0 aliphatic carbocycles. The number of ether oxygens (including phenoxy) is 1. The van der Waals surface area contributed by atoms with Crippen molar-refractivity contribution in [3.05, 3.63) is 24.2 Å². The van der Waals surface area contributed by atoms with Gasteiger partial charge in [0, 0.05) is 26.1 Å². The Hall–Kier alpha value is -1.07. The standard InChI is InChI=1S/C11H18N2O2S/c1-9(8-10-4-3-6-15-10)13-11(16)12-5-7-14-2/h3-4,6,9H,5,7-8H2,1-2H3,(H2,12,13,16). The maximum absolute atomic E-state index is 5.26. The summed E-state index contributed by atoms with van der Waals surface area (Å²) in [7, 11) is 1.66. The van der Waals surface area contributed by atoms with Gasteiger partial charge in [-0.3, -0.25) is 0 Å². The molecule has 16 heavy (non-hydrogen) atoms. The summed E-state index contributed by atoms with van der Waals surface area (Å²) in [5.74, 6) is 0.958. The number of methoxy groups -OCH3 is 1. The molecular formula is C11H18N2O2S. The van der Waals surface area contributed by atoms with E-state index in [1.165, 1.54) is 0 Å². The third-order valence-electron chi connectivity index (χ3n) is 2.06. The van der Waals surface area contributed by atoms with E-state index in [9.17, 15) is 0 Å². The lowest BCUT2D eigenvalue weighted by Crippen LogP contribution is -2.42. The van der Waals surface area contributed by atoms with Crippen molar-refractivity contribution in [3.63, 3.8) is 0 Å². The van der Waals surface area contributed by atoms with Crippen molar-refractivity contribution in [3.8, 4) is 0 Å². The maximum atomic E-state index is 5.26. The lowest BCUT2D eigenvalue weighted by atomic mass is 10.2. The van der Waals surface area contributed by atoms with Crippen LogP contribution in [0.3, 0.4) is 0 Å².